The van der Waals surface area contributed by atoms with E-state index < -0.39 is 0 Å². The van der Waals surface area contributed by atoms with Gasteiger partial charge in [-0.3, -0.25) is 0 Å². The van der Waals surface area contributed by atoms with Gasteiger partial charge in [0.1, 0.15) is 11.2 Å². The zero-order chi connectivity index (χ0) is 42.1. The van der Waals surface area contributed by atoms with Crippen LogP contribution in [0.3, 0.4) is 0 Å². The number of furan rings is 1. The van der Waals surface area contributed by atoms with Crippen molar-refractivity contribution in [3.8, 4) is 39.1 Å². The van der Waals surface area contributed by atoms with Gasteiger partial charge in [0, 0.05) is 59.0 Å². The van der Waals surface area contributed by atoms with Gasteiger partial charge >= 0.3 is 0 Å². The third-order valence-electron chi connectivity index (χ3n) is 12.8. The lowest BCUT2D eigenvalue weighted by atomic mass is 9.98. The molecular formula is C60H38N2OS. The molecule has 3 aromatic heterocycles. The molecule has 0 aliphatic carbocycles. The summed E-state index contributed by atoms with van der Waals surface area (Å²) >= 11 is 1.85. The number of para-hydroxylation sites is 2. The van der Waals surface area contributed by atoms with E-state index in [1.165, 1.54) is 53.1 Å². The smallest absolute Gasteiger partial charge is 0.145 e. The summed E-state index contributed by atoms with van der Waals surface area (Å²) in [6.45, 7) is 0. The van der Waals surface area contributed by atoms with Gasteiger partial charge in [0.2, 0.25) is 0 Å². The summed E-state index contributed by atoms with van der Waals surface area (Å²) < 4.78 is 12.0. The Morgan fingerprint density at radius 2 is 0.922 bits per heavy atom. The maximum Gasteiger partial charge on any atom is 0.145 e. The topological polar surface area (TPSA) is 21.3 Å². The number of thiophene rings is 1. The summed E-state index contributed by atoms with van der Waals surface area (Å²) in [5.74, 6) is 0. The Balaban J connectivity index is 1.06. The van der Waals surface area contributed by atoms with E-state index in [4.69, 9.17) is 4.42 Å². The zero-order valence-electron chi connectivity index (χ0n) is 34.7. The second-order valence-electron chi connectivity index (χ2n) is 16.5. The largest absolute Gasteiger partial charge is 0.455 e. The summed E-state index contributed by atoms with van der Waals surface area (Å²) in [5.41, 5.74) is 15.3. The van der Waals surface area contributed by atoms with Crippen LogP contribution in [0.5, 0.6) is 0 Å². The van der Waals surface area contributed by atoms with E-state index >= 15 is 0 Å². The van der Waals surface area contributed by atoms with Crippen molar-refractivity contribution in [3.05, 3.63) is 231 Å². The van der Waals surface area contributed by atoms with Crippen molar-refractivity contribution >= 4 is 92.3 Å². The molecule has 3 heterocycles. The molecular weight excluding hydrogens is 797 g/mol. The first kappa shape index (κ1) is 36.5. The highest BCUT2D eigenvalue weighted by Gasteiger charge is 2.24. The zero-order valence-corrected chi connectivity index (χ0v) is 35.5. The number of hydrogen-bond donors (Lipinski definition) is 0. The molecule has 300 valence electrons. The van der Waals surface area contributed by atoms with E-state index in [1.54, 1.807) is 0 Å². The van der Waals surface area contributed by atoms with E-state index in [0.29, 0.717) is 0 Å². The predicted octanol–water partition coefficient (Wildman–Crippen LogP) is 17.5. The van der Waals surface area contributed by atoms with Gasteiger partial charge in [-0.05, 0) is 119 Å². The van der Waals surface area contributed by atoms with Crippen LogP contribution >= 0.6 is 11.3 Å². The maximum atomic E-state index is 7.05. The highest BCUT2D eigenvalue weighted by atomic mass is 32.1. The van der Waals surface area contributed by atoms with E-state index in [0.717, 1.165) is 66.9 Å². The second-order valence-corrected chi connectivity index (χ2v) is 17.5. The van der Waals surface area contributed by atoms with Crippen molar-refractivity contribution in [1.29, 1.82) is 0 Å². The van der Waals surface area contributed by atoms with Crippen LogP contribution in [0.15, 0.2) is 235 Å². The maximum absolute atomic E-state index is 7.05. The van der Waals surface area contributed by atoms with Gasteiger partial charge in [-0.2, -0.15) is 0 Å². The summed E-state index contributed by atoms with van der Waals surface area (Å²) in [5, 5.41) is 7.14. The van der Waals surface area contributed by atoms with Gasteiger partial charge in [0.05, 0.1) is 22.1 Å². The van der Waals surface area contributed by atoms with Crippen LogP contribution < -0.4 is 4.90 Å². The third-order valence-corrected chi connectivity index (χ3v) is 13.9. The highest BCUT2D eigenvalue weighted by Crippen LogP contribution is 2.48. The molecule has 64 heavy (non-hydrogen) atoms. The van der Waals surface area contributed by atoms with Crippen molar-refractivity contribution in [2.75, 3.05) is 4.90 Å². The Kier molecular flexibility index (Phi) is 8.40. The molecule has 0 spiro atoms. The molecule has 0 bridgehead atoms. The molecule has 13 aromatic rings. The average molecular weight is 835 g/mol. The number of nitrogens with zero attached hydrogens (tertiary/aromatic N) is 2. The third kappa shape index (κ3) is 5.88. The number of rotatable bonds is 7. The van der Waals surface area contributed by atoms with E-state index in [2.05, 4.69) is 240 Å². The molecule has 0 aliphatic heterocycles. The number of fused-ring (bicyclic) bond motifs is 9. The Labute approximate surface area is 373 Å². The number of aromatic nitrogens is 1. The molecule has 3 nitrogen and oxygen atoms in total. The predicted molar refractivity (Wildman–Crippen MR) is 272 cm³/mol. The minimum absolute atomic E-state index is 0.857. The van der Waals surface area contributed by atoms with Crippen molar-refractivity contribution < 1.29 is 4.42 Å². The minimum atomic E-state index is 0.857. The first-order chi connectivity index (χ1) is 31.7. The van der Waals surface area contributed by atoms with Gasteiger partial charge in [0.25, 0.3) is 0 Å². The fraction of sp³-hybridized carbons (Fsp3) is 0. The number of hydrogen-bond acceptors (Lipinski definition) is 3. The van der Waals surface area contributed by atoms with Gasteiger partial charge < -0.3 is 13.9 Å². The molecule has 0 saturated carbocycles. The second kappa shape index (κ2) is 14.7. The summed E-state index contributed by atoms with van der Waals surface area (Å²) in [6.07, 6.45) is 0. The lowest BCUT2D eigenvalue weighted by Gasteiger charge is -2.27. The van der Waals surface area contributed by atoms with E-state index in [1.807, 2.05) is 11.3 Å². The van der Waals surface area contributed by atoms with Crippen molar-refractivity contribution in [3.63, 3.8) is 0 Å². The van der Waals surface area contributed by atoms with Crippen LogP contribution in [0.2, 0.25) is 0 Å². The lowest BCUT2D eigenvalue weighted by molar-refractivity contribution is 0.670. The molecule has 10 aromatic carbocycles. The Bertz CT molecular complexity index is 3830. The van der Waals surface area contributed by atoms with Crippen molar-refractivity contribution in [2.45, 2.75) is 0 Å². The summed E-state index contributed by atoms with van der Waals surface area (Å²) in [4.78, 5) is 2.43. The van der Waals surface area contributed by atoms with Crippen LogP contribution in [0, 0.1) is 0 Å². The molecule has 0 radical (unpaired) electrons. The fourth-order valence-electron chi connectivity index (χ4n) is 9.80. The van der Waals surface area contributed by atoms with E-state index in [9.17, 15) is 0 Å². The molecule has 0 fully saturated rings. The normalized spacial score (nSPS) is 11.8. The van der Waals surface area contributed by atoms with Gasteiger partial charge in [-0.1, -0.05) is 140 Å². The van der Waals surface area contributed by atoms with Crippen LogP contribution in [-0.2, 0) is 0 Å². The monoisotopic (exact) mass is 834 g/mol. The standard InChI is InChI=1S/C60H38N2OS/c1-4-14-39(15-5-1)42-25-34-57-51(36-42)52-38-46(30-35-58(52)64-57)61(44-26-28-45(29-27-44)62-53-22-12-10-20-48(53)49-21-11-13-23-54(49)62)55-33-32-47(41-18-8-3-9-19-41)60-59(55)50-31-24-43(37-56(50)63-60)40-16-6-2-7-17-40/h1-38H. The van der Waals surface area contributed by atoms with Crippen LogP contribution in [0.4, 0.5) is 17.1 Å². The molecule has 0 aliphatic rings. The van der Waals surface area contributed by atoms with Gasteiger partial charge in [0.15, 0.2) is 0 Å². The van der Waals surface area contributed by atoms with Crippen molar-refractivity contribution in [2.24, 2.45) is 0 Å². The molecule has 0 N–H and O–H groups in total. The molecule has 0 atom stereocenters. The first-order valence-corrected chi connectivity index (χ1v) is 22.6. The van der Waals surface area contributed by atoms with Crippen LogP contribution in [0.25, 0.3) is 103 Å². The average Bonchev–Trinajstić information content (AvgIpc) is 4.04. The SMILES string of the molecule is c1ccc(-c2ccc3c(c2)oc2c(-c4ccccc4)ccc(N(c4ccc(-n5c6ccccc6c6ccccc65)cc4)c4ccc5sc6ccc(-c7ccccc7)cc6c5c4)c23)cc1. The molecule has 0 saturated heterocycles. The molecule has 4 heteroatoms. The molecule has 0 amide bonds. The van der Waals surface area contributed by atoms with Gasteiger partial charge in [-0.15, -0.1) is 11.3 Å². The Morgan fingerprint density at radius 3 is 1.59 bits per heavy atom. The van der Waals surface area contributed by atoms with Gasteiger partial charge in [-0.25, -0.2) is 0 Å². The summed E-state index contributed by atoms with van der Waals surface area (Å²) in [7, 11) is 0. The highest BCUT2D eigenvalue weighted by molar-refractivity contribution is 7.25. The van der Waals surface area contributed by atoms with Crippen LogP contribution in [-0.4, -0.2) is 4.57 Å². The Morgan fingerprint density at radius 1 is 0.375 bits per heavy atom. The molecule has 13 rings (SSSR count). The summed E-state index contributed by atoms with van der Waals surface area (Å²) in [6, 6.07) is 83.3. The number of anilines is 3. The van der Waals surface area contributed by atoms with Crippen molar-refractivity contribution in [1.82, 2.24) is 4.57 Å². The fourth-order valence-corrected chi connectivity index (χ4v) is 10.9. The molecule has 0 unspecified atom stereocenters. The quantitative estimate of drug-likeness (QED) is 0.159. The van der Waals surface area contributed by atoms with Crippen LogP contribution in [0.1, 0.15) is 0 Å². The minimum Gasteiger partial charge on any atom is -0.455 e. The first-order valence-electron chi connectivity index (χ1n) is 21.7. The lowest BCUT2D eigenvalue weighted by Crippen LogP contribution is -2.10. The Hall–Kier alpha value is -8.18. The van der Waals surface area contributed by atoms with E-state index in [-0.39, 0.29) is 0 Å². The number of benzene rings is 10.